The van der Waals surface area contributed by atoms with Gasteiger partial charge < -0.3 is 15.7 Å². The molecule has 1 aromatic rings. The summed E-state index contributed by atoms with van der Waals surface area (Å²) in [5.74, 6) is -0.352. The first-order valence-corrected chi connectivity index (χ1v) is 6.43. The summed E-state index contributed by atoms with van der Waals surface area (Å²) in [4.78, 5) is 13.3. The third-order valence-corrected chi connectivity index (χ3v) is 3.66. The Balaban J connectivity index is 2.18. The molecule has 1 saturated heterocycles. The predicted octanol–water partition coefficient (Wildman–Crippen LogP) is 1.53. The highest BCUT2D eigenvalue weighted by Crippen LogP contribution is 2.30. The van der Waals surface area contributed by atoms with Crippen LogP contribution in [0.1, 0.15) is 18.4 Å². The molecule has 0 radical (unpaired) electrons. The Morgan fingerprint density at radius 3 is 2.94 bits per heavy atom. The van der Waals surface area contributed by atoms with E-state index in [-0.39, 0.29) is 18.4 Å². The van der Waals surface area contributed by atoms with Crippen molar-refractivity contribution in [1.82, 2.24) is 0 Å². The Hall–Kier alpha value is -1.26. The molecule has 3 N–H and O–H groups in total. The van der Waals surface area contributed by atoms with Crippen LogP contribution in [-0.2, 0) is 11.4 Å². The van der Waals surface area contributed by atoms with E-state index < -0.39 is 0 Å². The van der Waals surface area contributed by atoms with Crippen molar-refractivity contribution < 1.29 is 9.90 Å². The van der Waals surface area contributed by atoms with Crippen molar-refractivity contribution in [3.05, 3.63) is 28.8 Å². The van der Waals surface area contributed by atoms with Gasteiger partial charge in [-0.25, -0.2) is 0 Å². The van der Waals surface area contributed by atoms with Crippen LogP contribution >= 0.6 is 11.6 Å². The zero-order valence-electron chi connectivity index (χ0n) is 10.1. The Kier molecular flexibility index (Phi) is 4.09. The number of nitrogens with two attached hydrogens (primary N) is 1. The van der Waals surface area contributed by atoms with Crippen molar-refractivity contribution in [3.63, 3.8) is 0 Å². The second-order valence-electron chi connectivity index (χ2n) is 4.63. The first-order valence-electron chi connectivity index (χ1n) is 6.05. The van der Waals surface area contributed by atoms with Crippen LogP contribution in [0.5, 0.6) is 0 Å². The lowest BCUT2D eigenvalue weighted by atomic mass is 9.97. The van der Waals surface area contributed by atoms with Crippen molar-refractivity contribution in [2.45, 2.75) is 19.4 Å². The number of amides is 1. The molecule has 0 aliphatic carbocycles. The molecule has 5 heteroatoms. The van der Waals surface area contributed by atoms with Crippen LogP contribution in [0.3, 0.4) is 0 Å². The summed E-state index contributed by atoms with van der Waals surface area (Å²) in [6, 6.07) is 5.48. The summed E-state index contributed by atoms with van der Waals surface area (Å²) in [6.07, 6.45) is 1.78. The largest absolute Gasteiger partial charge is 0.392 e. The minimum absolute atomic E-state index is 0.0239. The molecule has 1 atom stereocenters. The summed E-state index contributed by atoms with van der Waals surface area (Å²) in [7, 11) is 0. The van der Waals surface area contributed by atoms with Gasteiger partial charge in [-0.2, -0.15) is 0 Å². The maximum absolute atomic E-state index is 11.2. The smallest absolute Gasteiger partial charge is 0.222 e. The standard InChI is InChI=1S/C13H17ClN2O2/c14-11-6-9(8-17)3-4-12(11)16-5-1-2-10(7-16)13(15)18/h3-4,6,10,17H,1-2,5,7-8H2,(H2,15,18). The average Bonchev–Trinajstić information content (AvgIpc) is 2.38. The van der Waals surface area contributed by atoms with Crippen molar-refractivity contribution in [2.24, 2.45) is 11.7 Å². The van der Waals surface area contributed by atoms with E-state index in [4.69, 9.17) is 22.4 Å². The van der Waals surface area contributed by atoms with E-state index in [9.17, 15) is 4.79 Å². The zero-order valence-corrected chi connectivity index (χ0v) is 10.9. The van der Waals surface area contributed by atoms with E-state index in [1.54, 1.807) is 6.07 Å². The Morgan fingerprint density at radius 1 is 1.56 bits per heavy atom. The van der Waals surface area contributed by atoms with E-state index in [1.807, 2.05) is 12.1 Å². The summed E-state index contributed by atoms with van der Waals surface area (Å²) in [6.45, 7) is 1.47. The number of benzene rings is 1. The van der Waals surface area contributed by atoms with E-state index in [0.717, 1.165) is 30.6 Å². The van der Waals surface area contributed by atoms with Gasteiger partial charge in [0.15, 0.2) is 0 Å². The van der Waals surface area contributed by atoms with E-state index in [2.05, 4.69) is 4.90 Å². The van der Waals surface area contributed by atoms with Gasteiger partial charge in [0.1, 0.15) is 0 Å². The highest BCUT2D eigenvalue weighted by atomic mass is 35.5. The number of anilines is 1. The molecule has 1 fully saturated rings. The van der Waals surface area contributed by atoms with Gasteiger partial charge in [0.25, 0.3) is 0 Å². The third-order valence-electron chi connectivity index (χ3n) is 3.36. The van der Waals surface area contributed by atoms with Gasteiger partial charge in [-0.15, -0.1) is 0 Å². The Morgan fingerprint density at radius 2 is 2.33 bits per heavy atom. The highest BCUT2D eigenvalue weighted by molar-refractivity contribution is 6.33. The fourth-order valence-corrected chi connectivity index (χ4v) is 2.66. The maximum Gasteiger partial charge on any atom is 0.222 e. The molecular weight excluding hydrogens is 252 g/mol. The van der Waals surface area contributed by atoms with Gasteiger partial charge in [0, 0.05) is 13.1 Å². The molecular formula is C13H17ClN2O2. The van der Waals surface area contributed by atoms with Crippen LogP contribution in [0, 0.1) is 5.92 Å². The zero-order chi connectivity index (χ0) is 13.1. The summed E-state index contributed by atoms with van der Waals surface area (Å²) in [5.41, 5.74) is 7.05. The molecule has 1 amide bonds. The predicted molar refractivity (Wildman–Crippen MR) is 71.5 cm³/mol. The number of aliphatic hydroxyl groups is 1. The average molecular weight is 269 g/mol. The van der Waals surface area contributed by atoms with Crippen molar-refractivity contribution in [3.8, 4) is 0 Å². The Labute approximate surface area is 111 Å². The number of piperidine rings is 1. The number of halogens is 1. The van der Waals surface area contributed by atoms with Crippen LogP contribution < -0.4 is 10.6 Å². The third kappa shape index (κ3) is 2.76. The highest BCUT2D eigenvalue weighted by Gasteiger charge is 2.25. The molecule has 1 aliphatic rings. The number of nitrogens with zero attached hydrogens (tertiary/aromatic N) is 1. The molecule has 0 bridgehead atoms. The summed E-state index contributed by atoms with van der Waals surface area (Å²) < 4.78 is 0. The van der Waals surface area contributed by atoms with Crippen molar-refractivity contribution in [2.75, 3.05) is 18.0 Å². The molecule has 1 unspecified atom stereocenters. The number of carbonyl (C=O) groups is 1. The van der Waals surface area contributed by atoms with E-state index >= 15 is 0 Å². The van der Waals surface area contributed by atoms with Gasteiger partial charge in [-0.3, -0.25) is 4.79 Å². The maximum atomic E-state index is 11.2. The van der Waals surface area contributed by atoms with Gasteiger partial charge in [0.05, 0.1) is 23.2 Å². The number of hydrogen-bond acceptors (Lipinski definition) is 3. The van der Waals surface area contributed by atoms with Gasteiger partial charge >= 0.3 is 0 Å². The molecule has 4 nitrogen and oxygen atoms in total. The topological polar surface area (TPSA) is 66.6 Å². The molecule has 1 heterocycles. The lowest BCUT2D eigenvalue weighted by molar-refractivity contribution is -0.122. The minimum Gasteiger partial charge on any atom is -0.392 e. The second kappa shape index (κ2) is 5.59. The van der Waals surface area contributed by atoms with Crippen LogP contribution in [0.2, 0.25) is 5.02 Å². The molecule has 1 aromatic carbocycles. The van der Waals surface area contributed by atoms with Gasteiger partial charge in [-0.1, -0.05) is 17.7 Å². The molecule has 0 saturated carbocycles. The molecule has 0 aromatic heterocycles. The van der Waals surface area contributed by atoms with Gasteiger partial charge in [-0.05, 0) is 30.5 Å². The van der Waals surface area contributed by atoms with Crippen LogP contribution in [0.15, 0.2) is 18.2 Å². The molecule has 2 rings (SSSR count). The van der Waals surface area contributed by atoms with E-state index in [0.29, 0.717) is 11.6 Å². The fourth-order valence-electron chi connectivity index (χ4n) is 2.33. The SMILES string of the molecule is NC(=O)C1CCCN(c2ccc(CO)cc2Cl)C1. The monoisotopic (exact) mass is 268 g/mol. The first-order chi connectivity index (χ1) is 8.61. The first kappa shape index (κ1) is 13.2. The van der Waals surface area contributed by atoms with Crippen LogP contribution in [0.4, 0.5) is 5.69 Å². The molecule has 1 aliphatic heterocycles. The van der Waals surface area contributed by atoms with Crippen molar-refractivity contribution >= 4 is 23.2 Å². The van der Waals surface area contributed by atoms with Gasteiger partial charge in [0.2, 0.25) is 5.91 Å². The van der Waals surface area contributed by atoms with Crippen molar-refractivity contribution in [1.29, 1.82) is 0 Å². The quantitative estimate of drug-likeness (QED) is 0.874. The lowest BCUT2D eigenvalue weighted by Crippen LogP contribution is -2.41. The van der Waals surface area contributed by atoms with Crippen LogP contribution in [0.25, 0.3) is 0 Å². The van der Waals surface area contributed by atoms with E-state index in [1.165, 1.54) is 0 Å². The number of carbonyl (C=O) groups excluding carboxylic acids is 1. The normalized spacial score (nSPS) is 19.9. The lowest BCUT2D eigenvalue weighted by Gasteiger charge is -2.33. The minimum atomic E-state index is -0.247. The molecule has 0 spiro atoms. The Bertz CT molecular complexity index is 451. The number of primary amides is 1. The number of rotatable bonds is 3. The summed E-state index contributed by atoms with van der Waals surface area (Å²) >= 11 is 6.20. The number of aliphatic hydroxyl groups excluding tert-OH is 1. The van der Waals surface area contributed by atoms with Crippen LogP contribution in [-0.4, -0.2) is 24.1 Å². The molecule has 98 valence electrons. The number of hydrogen-bond donors (Lipinski definition) is 2. The fraction of sp³-hybridized carbons (Fsp3) is 0.462. The molecule has 18 heavy (non-hydrogen) atoms. The second-order valence-corrected chi connectivity index (χ2v) is 5.04. The summed E-state index contributed by atoms with van der Waals surface area (Å²) in [5, 5.41) is 9.65.